The molecule has 0 aliphatic heterocycles. The minimum Gasteiger partial charge on any atom is -0.480 e. The normalized spacial score (nSPS) is 11.7. The zero-order valence-corrected chi connectivity index (χ0v) is 11.3. The molecule has 0 aromatic carbocycles. The van der Waals surface area contributed by atoms with Crippen molar-refractivity contribution in [3.63, 3.8) is 0 Å². The Labute approximate surface area is 110 Å². The quantitative estimate of drug-likeness (QED) is 0.564. The monoisotopic (exact) mass is 277 g/mol. The number of carbonyl (C=O) groups excluding carboxylic acids is 2. The number of thioether (sulfide) groups is 1. The second-order valence-corrected chi connectivity index (χ2v) is 4.59. The van der Waals surface area contributed by atoms with E-state index in [0.717, 1.165) is 4.90 Å². The third-order valence-electron chi connectivity index (χ3n) is 2.22. The second kappa shape index (κ2) is 8.62. The molecule has 1 unspecified atom stereocenters. The number of carbonyl (C=O) groups is 3. The summed E-state index contributed by atoms with van der Waals surface area (Å²) in [4.78, 5) is 34.6. The van der Waals surface area contributed by atoms with E-state index in [4.69, 9.17) is 10.8 Å². The number of carboxylic acid groups (broad SMARTS) is 1. The van der Waals surface area contributed by atoms with Crippen molar-refractivity contribution in [2.24, 2.45) is 5.73 Å². The molecule has 0 aliphatic rings. The van der Waals surface area contributed by atoms with Crippen LogP contribution in [0.5, 0.6) is 0 Å². The number of primary amides is 1. The average Bonchev–Trinajstić information content (AvgIpc) is 2.30. The fourth-order valence-electron chi connectivity index (χ4n) is 1.25. The summed E-state index contributed by atoms with van der Waals surface area (Å²) in [5.41, 5.74) is 5.00. The van der Waals surface area contributed by atoms with Gasteiger partial charge in [0.2, 0.25) is 5.91 Å². The summed E-state index contributed by atoms with van der Waals surface area (Å²) in [5, 5.41) is 11.3. The molecule has 0 bridgehead atoms. The molecule has 0 saturated carbocycles. The highest BCUT2D eigenvalue weighted by Crippen LogP contribution is 2.02. The van der Waals surface area contributed by atoms with E-state index < -0.39 is 23.9 Å². The van der Waals surface area contributed by atoms with Gasteiger partial charge in [0.25, 0.3) is 0 Å². The van der Waals surface area contributed by atoms with Gasteiger partial charge in [-0.05, 0) is 25.4 Å². The Bertz CT molecular complexity index is 311. The van der Waals surface area contributed by atoms with E-state index in [2.05, 4.69) is 5.32 Å². The molecule has 3 amide bonds. The molecule has 0 spiro atoms. The number of likely N-dealkylation sites (N-methyl/N-ethyl adjacent to an activating group) is 1. The van der Waals surface area contributed by atoms with Crippen molar-refractivity contribution in [3.05, 3.63) is 0 Å². The smallest absolute Gasteiger partial charge is 0.326 e. The van der Waals surface area contributed by atoms with Gasteiger partial charge in [0, 0.05) is 6.54 Å². The minimum absolute atomic E-state index is 0.225. The van der Waals surface area contributed by atoms with Crippen LogP contribution >= 0.6 is 11.8 Å². The van der Waals surface area contributed by atoms with Crippen molar-refractivity contribution in [3.8, 4) is 0 Å². The fraction of sp³-hybridized carbons (Fsp3) is 0.700. The number of hydrogen-bond acceptors (Lipinski definition) is 4. The van der Waals surface area contributed by atoms with Gasteiger partial charge in [-0.25, -0.2) is 9.59 Å². The summed E-state index contributed by atoms with van der Waals surface area (Å²) in [6, 6.07) is -1.54. The lowest BCUT2D eigenvalue weighted by atomic mass is 10.2. The number of nitrogens with zero attached hydrogens (tertiary/aromatic N) is 1. The van der Waals surface area contributed by atoms with Crippen molar-refractivity contribution < 1.29 is 19.5 Å². The Morgan fingerprint density at radius 3 is 2.44 bits per heavy atom. The van der Waals surface area contributed by atoms with E-state index in [1.807, 2.05) is 6.26 Å². The van der Waals surface area contributed by atoms with Crippen molar-refractivity contribution in [1.29, 1.82) is 0 Å². The Morgan fingerprint density at radius 1 is 1.44 bits per heavy atom. The summed E-state index contributed by atoms with van der Waals surface area (Å²) in [6.45, 7) is 1.74. The predicted molar refractivity (Wildman–Crippen MR) is 69.4 cm³/mol. The molecule has 1 atom stereocenters. The minimum atomic E-state index is -1.09. The van der Waals surface area contributed by atoms with Gasteiger partial charge in [0.15, 0.2) is 0 Å². The molecule has 0 saturated heterocycles. The highest BCUT2D eigenvalue weighted by molar-refractivity contribution is 7.98. The van der Waals surface area contributed by atoms with Gasteiger partial charge in [-0.1, -0.05) is 0 Å². The van der Waals surface area contributed by atoms with Gasteiger partial charge in [0.1, 0.15) is 12.6 Å². The van der Waals surface area contributed by atoms with E-state index >= 15 is 0 Å². The van der Waals surface area contributed by atoms with E-state index in [0.29, 0.717) is 12.2 Å². The molecule has 4 N–H and O–H groups in total. The number of aliphatic carboxylic acids is 1. The molecule has 8 heteroatoms. The van der Waals surface area contributed by atoms with Crippen LogP contribution in [0.4, 0.5) is 4.79 Å². The predicted octanol–water partition coefficient (Wildman–Crippen LogP) is -0.290. The van der Waals surface area contributed by atoms with Crippen LogP contribution < -0.4 is 11.1 Å². The van der Waals surface area contributed by atoms with E-state index in [9.17, 15) is 14.4 Å². The van der Waals surface area contributed by atoms with Crippen LogP contribution in [0.1, 0.15) is 13.3 Å². The molecular weight excluding hydrogens is 258 g/mol. The van der Waals surface area contributed by atoms with Crippen LogP contribution in [0.15, 0.2) is 0 Å². The molecule has 0 heterocycles. The molecule has 104 valence electrons. The molecular formula is C10H19N3O4S. The first kappa shape index (κ1) is 16.6. The van der Waals surface area contributed by atoms with Crippen molar-refractivity contribution in [2.45, 2.75) is 19.4 Å². The zero-order valence-electron chi connectivity index (χ0n) is 10.5. The van der Waals surface area contributed by atoms with Crippen molar-refractivity contribution >= 4 is 29.7 Å². The van der Waals surface area contributed by atoms with Crippen LogP contribution in [-0.4, -0.2) is 59.1 Å². The van der Waals surface area contributed by atoms with Crippen molar-refractivity contribution in [2.75, 3.05) is 25.1 Å². The number of nitrogens with one attached hydrogen (secondary N) is 1. The van der Waals surface area contributed by atoms with Crippen LogP contribution in [0, 0.1) is 0 Å². The van der Waals surface area contributed by atoms with Crippen LogP contribution in [-0.2, 0) is 9.59 Å². The Kier molecular flexibility index (Phi) is 7.93. The summed E-state index contributed by atoms with van der Waals surface area (Å²) >= 11 is 1.50. The summed E-state index contributed by atoms with van der Waals surface area (Å²) in [7, 11) is 0. The number of amides is 3. The van der Waals surface area contributed by atoms with E-state index in [1.165, 1.54) is 11.8 Å². The molecule has 0 aliphatic carbocycles. The molecule has 0 radical (unpaired) electrons. The van der Waals surface area contributed by atoms with Gasteiger partial charge in [-0.2, -0.15) is 11.8 Å². The summed E-state index contributed by atoms with van der Waals surface area (Å²) < 4.78 is 0. The third kappa shape index (κ3) is 6.33. The van der Waals surface area contributed by atoms with Gasteiger partial charge in [-0.15, -0.1) is 0 Å². The maximum atomic E-state index is 11.7. The number of rotatable bonds is 8. The molecule has 18 heavy (non-hydrogen) atoms. The number of urea groups is 1. The largest absolute Gasteiger partial charge is 0.480 e. The number of hydrogen-bond donors (Lipinski definition) is 3. The van der Waals surface area contributed by atoms with Gasteiger partial charge in [0.05, 0.1) is 0 Å². The molecule has 0 fully saturated rings. The lowest BCUT2D eigenvalue weighted by Gasteiger charge is -2.22. The average molecular weight is 277 g/mol. The number of nitrogens with two attached hydrogens (primary N) is 1. The van der Waals surface area contributed by atoms with E-state index in [-0.39, 0.29) is 13.1 Å². The Hall–Kier alpha value is -1.44. The fourth-order valence-corrected chi connectivity index (χ4v) is 1.72. The van der Waals surface area contributed by atoms with Gasteiger partial charge in [-0.3, -0.25) is 4.79 Å². The Balaban J connectivity index is 4.46. The van der Waals surface area contributed by atoms with E-state index in [1.54, 1.807) is 6.92 Å². The lowest BCUT2D eigenvalue weighted by Crippen LogP contribution is -2.50. The van der Waals surface area contributed by atoms with Crippen LogP contribution in [0.3, 0.4) is 0 Å². The molecule has 7 nitrogen and oxygen atoms in total. The summed E-state index contributed by atoms with van der Waals surface area (Å²) in [5.74, 6) is -1.10. The molecule has 0 rings (SSSR count). The first-order chi connectivity index (χ1) is 8.42. The maximum Gasteiger partial charge on any atom is 0.326 e. The second-order valence-electron chi connectivity index (χ2n) is 3.60. The number of carboxylic acids is 1. The molecule has 0 aromatic rings. The maximum absolute atomic E-state index is 11.7. The Morgan fingerprint density at radius 2 is 2.06 bits per heavy atom. The topological polar surface area (TPSA) is 113 Å². The SMILES string of the molecule is CCN(CC(N)=O)C(=O)NC(CCSC)C(=O)O. The first-order valence-corrected chi connectivity index (χ1v) is 6.87. The van der Waals surface area contributed by atoms with Gasteiger partial charge >= 0.3 is 12.0 Å². The van der Waals surface area contributed by atoms with Crippen LogP contribution in [0.2, 0.25) is 0 Å². The van der Waals surface area contributed by atoms with Gasteiger partial charge < -0.3 is 21.1 Å². The lowest BCUT2D eigenvalue weighted by molar-refractivity contribution is -0.139. The first-order valence-electron chi connectivity index (χ1n) is 5.47. The van der Waals surface area contributed by atoms with Crippen LogP contribution in [0.25, 0.3) is 0 Å². The highest BCUT2D eigenvalue weighted by atomic mass is 32.2. The third-order valence-corrected chi connectivity index (χ3v) is 2.87. The zero-order chi connectivity index (χ0) is 14.1. The highest BCUT2D eigenvalue weighted by Gasteiger charge is 2.22. The summed E-state index contributed by atoms with van der Waals surface area (Å²) in [6.07, 6.45) is 2.18. The molecule has 0 aromatic heterocycles. The van der Waals surface area contributed by atoms with Crippen molar-refractivity contribution in [1.82, 2.24) is 10.2 Å². The standard InChI is InChI=1S/C10H19N3O4S/c1-3-13(6-8(11)14)10(17)12-7(9(15)16)4-5-18-2/h7H,3-6H2,1-2H3,(H2,11,14)(H,12,17)(H,15,16).